The molecule has 0 aromatic heterocycles. The molecule has 1 rings (SSSR count). The van der Waals surface area contributed by atoms with Gasteiger partial charge in [0, 0.05) is 17.7 Å². The molecule has 0 bridgehead atoms. The topological polar surface area (TPSA) is 58.2 Å². The van der Waals surface area contributed by atoms with E-state index < -0.39 is 0 Å². The standard InChI is InChI=1S/C15H20N2O2S/c1-3-4-5-6-14(19)17-15(20)16-13-9-7-12(8-10-13)11(2)18/h7-10H,3-6H2,1-2H3,(H2,16,17,19,20). The van der Waals surface area contributed by atoms with Crippen molar-refractivity contribution < 1.29 is 9.59 Å². The van der Waals surface area contributed by atoms with Crippen molar-refractivity contribution >= 4 is 34.7 Å². The number of ketones is 1. The van der Waals surface area contributed by atoms with Crippen molar-refractivity contribution in [3.8, 4) is 0 Å². The molecule has 0 heterocycles. The fourth-order valence-corrected chi connectivity index (χ4v) is 1.91. The third-order valence-corrected chi connectivity index (χ3v) is 3.01. The number of unbranched alkanes of at least 4 members (excludes halogenated alkanes) is 2. The predicted molar refractivity (Wildman–Crippen MR) is 85.0 cm³/mol. The monoisotopic (exact) mass is 292 g/mol. The molecule has 108 valence electrons. The van der Waals surface area contributed by atoms with Crippen molar-refractivity contribution in [2.45, 2.75) is 39.5 Å². The van der Waals surface area contributed by atoms with E-state index in [0.29, 0.717) is 12.0 Å². The van der Waals surface area contributed by atoms with Gasteiger partial charge < -0.3 is 10.6 Å². The van der Waals surface area contributed by atoms with Gasteiger partial charge in [-0.25, -0.2) is 0 Å². The fraction of sp³-hybridized carbons (Fsp3) is 0.400. The van der Waals surface area contributed by atoms with E-state index in [-0.39, 0.29) is 16.8 Å². The second kappa shape index (κ2) is 8.43. The van der Waals surface area contributed by atoms with E-state index in [4.69, 9.17) is 12.2 Å². The molecular weight excluding hydrogens is 272 g/mol. The first kappa shape index (κ1) is 16.3. The van der Waals surface area contributed by atoms with Crippen LogP contribution in [0.25, 0.3) is 0 Å². The van der Waals surface area contributed by atoms with Gasteiger partial charge in [-0.15, -0.1) is 0 Å². The van der Waals surface area contributed by atoms with Crippen LogP contribution in [0.1, 0.15) is 49.9 Å². The smallest absolute Gasteiger partial charge is 0.226 e. The minimum absolute atomic E-state index is 0.0170. The molecular formula is C15H20N2O2S. The number of anilines is 1. The summed E-state index contributed by atoms with van der Waals surface area (Å²) in [4.78, 5) is 22.7. The van der Waals surface area contributed by atoms with Gasteiger partial charge in [-0.3, -0.25) is 9.59 Å². The number of rotatable bonds is 6. The average molecular weight is 292 g/mol. The van der Waals surface area contributed by atoms with Crippen molar-refractivity contribution in [3.63, 3.8) is 0 Å². The van der Waals surface area contributed by atoms with Gasteiger partial charge in [0.2, 0.25) is 5.91 Å². The van der Waals surface area contributed by atoms with Gasteiger partial charge in [-0.1, -0.05) is 19.8 Å². The molecule has 1 amide bonds. The van der Waals surface area contributed by atoms with Gasteiger partial charge >= 0.3 is 0 Å². The molecule has 0 saturated carbocycles. The molecule has 0 radical (unpaired) electrons. The molecule has 5 heteroatoms. The molecule has 0 atom stereocenters. The molecule has 2 N–H and O–H groups in total. The summed E-state index contributed by atoms with van der Waals surface area (Å²) >= 11 is 5.07. The second-order valence-corrected chi connectivity index (χ2v) is 5.00. The zero-order chi connectivity index (χ0) is 15.0. The summed E-state index contributed by atoms with van der Waals surface area (Å²) in [5.74, 6) is -0.0559. The van der Waals surface area contributed by atoms with Crippen molar-refractivity contribution in [1.29, 1.82) is 0 Å². The average Bonchev–Trinajstić information content (AvgIpc) is 2.39. The van der Waals surface area contributed by atoms with Crippen molar-refractivity contribution in [2.24, 2.45) is 0 Å². The van der Waals surface area contributed by atoms with Crippen LogP contribution < -0.4 is 10.6 Å². The summed E-state index contributed by atoms with van der Waals surface area (Å²) in [6.45, 7) is 3.61. The highest BCUT2D eigenvalue weighted by Gasteiger charge is 2.05. The van der Waals surface area contributed by atoms with Crippen LogP contribution in [0.5, 0.6) is 0 Å². The molecule has 0 unspecified atom stereocenters. The fourth-order valence-electron chi connectivity index (χ4n) is 1.68. The number of carbonyl (C=O) groups is 2. The first-order valence-corrected chi connectivity index (χ1v) is 7.15. The Balaban J connectivity index is 2.42. The lowest BCUT2D eigenvalue weighted by Gasteiger charge is -2.09. The number of hydrogen-bond donors (Lipinski definition) is 2. The molecule has 0 spiro atoms. The zero-order valence-corrected chi connectivity index (χ0v) is 12.7. The SMILES string of the molecule is CCCCCC(=O)NC(=S)Nc1ccc(C(C)=O)cc1. The van der Waals surface area contributed by atoms with Gasteiger partial charge in [0.05, 0.1) is 0 Å². The van der Waals surface area contributed by atoms with Gasteiger partial charge in [0.15, 0.2) is 10.9 Å². The van der Waals surface area contributed by atoms with Gasteiger partial charge in [0.25, 0.3) is 0 Å². The quantitative estimate of drug-likeness (QED) is 0.480. The maximum absolute atomic E-state index is 11.6. The minimum Gasteiger partial charge on any atom is -0.332 e. The van der Waals surface area contributed by atoms with Crippen LogP contribution >= 0.6 is 12.2 Å². The molecule has 1 aromatic carbocycles. The molecule has 0 aliphatic heterocycles. The van der Waals surface area contributed by atoms with Crippen LogP contribution in [0, 0.1) is 0 Å². The van der Waals surface area contributed by atoms with E-state index in [9.17, 15) is 9.59 Å². The first-order chi connectivity index (χ1) is 9.52. The maximum Gasteiger partial charge on any atom is 0.226 e. The normalized spacial score (nSPS) is 9.90. The molecule has 1 aromatic rings. The number of nitrogens with one attached hydrogen (secondary N) is 2. The Bertz CT molecular complexity index is 483. The number of amides is 1. The Labute approximate surface area is 124 Å². The number of hydrogen-bond acceptors (Lipinski definition) is 3. The van der Waals surface area contributed by atoms with Crippen LogP contribution in [0.4, 0.5) is 5.69 Å². The van der Waals surface area contributed by atoms with E-state index in [1.807, 2.05) is 0 Å². The Morgan fingerprint density at radius 1 is 1.15 bits per heavy atom. The molecule has 4 nitrogen and oxygen atoms in total. The van der Waals surface area contributed by atoms with Crippen LogP contribution in [0.3, 0.4) is 0 Å². The number of thiocarbonyl (C=S) groups is 1. The van der Waals surface area contributed by atoms with E-state index >= 15 is 0 Å². The van der Waals surface area contributed by atoms with E-state index in [1.54, 1.807) is 24.3 Å². The summed E-state index contributed by atoms with van der Waals surface area (Å²) in [6, 6.07) is 6.95. The first-order valence-electron chi connectivity index (χ1n) is 6.74. The van der Waals surface area contributed by atoms with Crippen molar-refractivity contribution in [1.82, 2.24) is 5.32 Å². The van der Waals surface area contributed by atoms with E-state index in [0.717, 1.165) is 24.9 Å². The van der Waals surface area contributed by atoms with Crippen LogP contribution in [-0.2, 0) is 4.79 Å². The largest absolute Gasteiger partial charge is 0.332 e. The highest BCUT2D eigenvalue weighted by Crippen LogP contribution is 2.10. The van der Waals surface area contributed by atoms with Gasteiger partial charge in [-0.2, -0.15) is 0 Å². The van der Waals surface area contributed by atoms with Crippen LogP contribution in [-0.4, -0.2) is 16.8 Å². The maximum atomic E-state index is 11.6. The third-order valence-electron chi connectivity index (χ3n) is 2.81. The summed E-state index contributed by atoms with van der Waals surface area (Å²) in [5.41, 5.74) is 1.39. The highest BCUT2D eigenvalue weighted by molar-refractivity contribution is 7.80. The minimum atomic E-state index is -0.0729. The molecule has 0 saturated heterocycles. The third kappa shape index (κ3) is 5.93. The van der Waals surface area contributed by atoms with Crippen LogP contribution in [0.2, 0.25) is 0 Å². The summed E-state index contributed by atoms with van der Waals surface area (Å²) in [6.07, 6.45) is 3.48. The molecule has 0 aliphatic carbocycles. The van der Waals surface area contributed by atoms with Gasteiger partial charge in [0.1, 0.15) is 0 Å². The summed E-state index contributed by atoms with van der Waals surface area (Å²) in [7, 11) is 0. The Morgan fingerprint density at radius 2 is 1.80 bits per heavy atom. The van der Waals surface area contributed by atoms with Gasteiger partial charge in [-0.05, 0) is 49.8 Å². The Morgan fingerprint density at radius 3 is 2.35 bits per heavy atom. The summed E-state index contributed by atoms with van der Waals surface area (Å²) in [5, 5.41) is 5.84. The lowest BCUT2D eigenvalue weighted by atomic mass is 10.1. The lowest BCUT2D eigenvalue weighted by Crippen LogP contribution is -2.33. The zero-order valence-electron chi connectivity index (χ0n) is 11.9. The predicted octanol–water partition coefficient (Wildman–Crippen LogP) is 3.28. The number of benzene rings is 1. The summed E-state index contributed by atoms with van der Waals surface area (Å²) < 4.78 is 0. The number of Topliss-reactive ketones (excluding diaryl/α,β-unsaturated/α-hetero) is 1. The second-order valence-electron chi connectivity index (χ2n) is 4.59. The Kier molecular flexibility index (Phi) is 6.87. The van der Waals surface area contributed by atoms with Crippen molar-refractivity contribution in [2.75, 3.05) is 5.32 Å². The molecule has 0 aliphatic rings. The van der Waals surface area contributed by atoms with Crippen molar-refractivity contribution in [3.05, 3.63) is 29.8 Å². The van der Waals surface area contributed by atoms with E-state index in [1.165, 1.54) is 6.92 Å². The highest BCUT2D eigenvalue weighted by atomic mass is 32.1. The lowest BCUT2D eigenvalue weighted by molar-refractivity contribution is -0.119. The van der Waals surface area contributed by atoms with E-state index in [2.05, 4.69) is 17.6 Å². The number of carbonyl (C=O) groups excluding carboxylic acids is 2. The van der Waals surface area contributed by atoms with Crippen LogP contribution in [0.15, 0.2) is 24.3 Å². The Hall–Kier alpha value is -1.75. The molecule has 0 fully saturated rings. The molecule has 20 heavy (non-hydrogen) atoms.